The molecule has 1 heterocycles. The molecule has 0 aliphatic heterocycles. The highest BCUT2D eigenvalue weighted by atomic mass is 16.6. The van der Waals surface area contributed by atoms with Crippen LogP contribution < -0.4 is 0 Å². The van der Waals surface area contributed by atoms with Crippen LogP contribution in [0.2, 0.25) is 0 Å². The average molecular weight is 240 g/mol. The van der Waals surface area contributed by atoms with Crippen molar-refractivity contribution in [2.24, 2.45) is 0 Å². The molecule has 0 amide bonds. The van der Waals surface area contributed by atoms with Gasteiger partial charge in [0.05, 0.1) is 4.92 Å². The average Bonchev–Trinajstić information content (AvgIpc) is 2.52. The molecule has 0 atom stereocenters. The van der Waals surface area contributed by atoms with Crippen LogP contribution in [0.25, 0.3) is 6.08 Å². The number of ether oxygens (including phenoxy) is 1. The number of rotatable bonds is 5. The minimum Gasteiger partial charge on any atom is -0.383 e. The molecule has 0 saturated carbocycles. The Balaban J connectivity index is 3.24. The van der Waals surface area contributed by atoms with E-state index < -0.39 is 4.92 Å². The van der Waals surface area contributed by atoms with Crippen LogP contribution >= 0.6 is 0 Å². The molecule has 0 bridgehead atoms. The van der Waals surface area contributed by atoms with Crippen molar-refractivity contribution in [3.05, 3.63) is 27.7 Å². The van der Waals surface area contributed by atoms with Crippen LogP contribution in [-0.4, -0.2) is 40.8 Å². The Morgan fingerprint density at radius 3 is 2.71 bits per heavy atom. The molecule has 0 unspecified atom stereocenters. The molecule has 1 aromatic heterocycles. The lowest BCUT2D eigenvalue weighted by molar-refractivity contribution is -0.385. The van der Waals surface area contributed by atoms with Crippen molar-refractivity contribution in [2.75, 3.05) is 21.2 Å². The van der Waals surface area contributed by atoms with Crippen molar-refractivity contribution in [2.45, 2.75) is 13.7 Å². The number of hydrogen-bond donors (Lipinski definition) is 0. The summed E-state index contributed by atoms with van der Waals surface area (Å²) in [6.45, 7) is 1.79. The van der Waals surface area contributed by atoms with E-state index in [4.69, 9.17) is 4.74 Å². The van der Waals surface area contributed by atoms with E-state index in [1.165, 1.54) is 11.8 Å². The van der Waals surface area contributed by atoms with Gasteiger partial charge in [-0.2, -0.15) is 5.10 Å². The monoisotopic (exact) mass is 240 g/mol. The zero-order valence-electron chi connectivity index (χ0n) is 10.4. The van der Waals surface area contributed by atoms with Crippen LogP contribution in [0, 0.1) is 17.0 Å². The van der Waals surface area contributed by atoms with E-state index in [1.54, 1.807) is 24.1 Å². The molecule has 7 nitrogen and oxygen atoms in total. The summed E-state index contributed by atoms with van der Waals surface area (Å²) in [5, 5.41) is 15.0. The molecule has 17 heavy (non-hydrogen) atoms. The zero-order valence-corrected chi connectivity index (χ0v) is 10.4. The van der Waals surface area contributed by atoms with Crippen LogP contribution in [0.15, 0.2) is 6.20 Å². The van der Waals surface area contributed by atoms with Gasteiger partial charge < -0.3 is 9.64 Å². The molecular formula is C10H16N4O3. The molecule has 0 spiro atoms. The maximum absolute atomic E-state index is 11.0. The first-order valence-corrected chi connectivity index (χ1v) is 5.02. The Bertz CT molecular complexity index is 437. The summed E-state index contributed by atoms with van der Waals surface area (Å²) in [6.07, 6.45) is 3.38. The van der Waals surface area contributed by atoms with Gasteiger partial charge in [0.15, 0.2) is 0 Å². The highest BCUT2D eigenvalue weighted by molar-refractivity contribution is 5.59. The summed E-state index contributed by atoms with van der Waals surface area (Å²) in [5.74, 6) is 0. The maximum atomic E-state index is 11.0. The van der Waals surface area contributed by atoms with Crippen molar-refractivity contribution >= 4 is 11.8 Å². The second-order valence-corrected chi connectivity index (χ2v) is 3.77. The molecule has 0 N–H and O–H groups in total. The molecule has 94 valence electrons. The SMILES string of the molecule is COCn1nc(C)c([N+](=O)[O-])c1/C=C\N(C)C. The number of aryl methyl sites for hydroxylation is 1. The largest absolute Gasteiger partial charge is 0.383 e. The lowest BCUT2D eigenvalue weighted by Gasteiger charge is -2.04. The van der Waals surface area contributed by atoms with Crippen molar-refractivity contribution in [3.8, 4) is 0 Å². The second kappa shape index (κ2) is 5.44. The Hall–Kier alpha value is -1.89. The van der Waals surface area contributed by atoms with Crippen LogP contribution in [-0.2, 0) is 11.5 Å². The summed E-state index contributed by atoms with van der Waals surface area (Å²) >= 11 is 0. The van der Waals surface area contributed by atoms with Crippen LogP contribution in [0.4, 0.5) is 5.69 Å². The van der Waals surface area contributed by atoms with E-state index in [2.05, 4.69) is 5.10 Å². The predicted molar refractivity (Wildman–Crippen MR) is 63.3 cm³/mol. The van der Waals surface area contributed by atoms with E-state index in [-0.39, 0.29) is 12.4 Å². The van der Waals surface area contributed by atoms with Gasteiger partial charge in [0, 0.05) is 27.4 Å². The number of nitro groups is 1. The first kappa shape index (κ1) is 13.2. The van der Waals surface area contributed by atoms with Crippen molar-refractivity contribution in [3.63, 3.8) is 0 Å². The summed E-state index contributed by atoms with van der Waals surface area (Å²) < 4.78 is 6.42. The van der Waals surface area contributed by atoms with Gasteiger partial charge >= 0.3 is 5.69 Å². The normalized spacial score (nSPS) is 11.1. The fourth-order valence-electron chi connectivity index (χ4n) is 1.42. The van der Waals surface area contributed by atoms with Gasteiger partial charge in [0.25, 0.3) is 0 Å². The third kappa shape index (κ3) is 3.04. The molecule has 0 saturated heterocycles. The van der Waals surface area contributed by atoms with Crippen molar-refractivity contribution in [1.82, 2.24) is 14.7 Å². The summed E-state index contributed by atoms with van der Waals surface area (Å²) in [4.78, 5) is 12.3. The van der Waals surface area contributed by atoms with Gasteiger partial charge in [-0.3, -0.25) is 10.1 Å². The van der Waals surface area contributed by atoms with Gasteiger partial charge in [-0.05, 0) is 13.0 Å². The van der Waals surface area contributed by atoms with E-state index >= 15 is 0 Å². The first-order valence-electron chi connectivity index (χ1n) is 5.02. The number of hydrogen-bond acceptors (Lipinski definition) is 5. The second-order valence-electron chi connectivity index (χ2n) is 3.77. The van der Waals surface area contributed by atoms with Crippen LogP contribution in [0.1, 0.15) is 11.4 Å². The number of aromatic nitrogens is 2. The molecule has 1 aromatic rings. The molecule has 0 aliphatic carbocycles. The molecular weight excluding hydrogens is 224 g/mol. The Labute approximate surface area is 99.4 Å². The van der Waals surface area contributed by atoms with Gasteiger partial charge in [-0.1, -0.05) is 0 Å². The molecule has 7 heteroatoms. The third-order valence-corrected chi connectivity index (χ3v) is 2.10. The lowest BCUT2D eigenvalue weighted by atomic mass is 10.3. The first-order chi connectivity index (χ1) is 7.97. The highest BCUT2D eigenvalue weighted by Gasteiger charge is 2.23. The van der Waals surface area contributed by atoms with E-state index in [0.717, 1.165) is 0 Å². The topological polar surface area (TPSA) is 73.4 Å². The van der Waals surface area contributed by atoms with Crippen LogP contribution in [0.5, 0.6) is 0 Å². The van der Waals surface area contributed by atoms with Crippen molar-refractivity contribution < 1.29 is 9.66 Å². The minimum atomic E-state index is -0.427. The minimum absolute atomic E-state index is 0.0140. The fourth-order valence-corrected chi connectivity index (χ4v) is 1.42. The fraction of sp³-hybridized carbons (Fsp3) is 0.500. The summed E-state index contributed by atoms with van der Waals surface area (Å²) in [6, 6.07) is 0. The van der Waals surface area contributed by atoms with Crippen molar-refractivity contribution in [1.29, 1.82) is 0 Å². The Morgan fingerprint density at radius 2 is 2.24 bits per heavy atom. The molecule has 0 aromatic carbocycles. The molecule has 0 radical (unpaired) electrons. The van der Waals surface area contributed by atoms with Gasteiger partial charge in [-0.25, -0.2) is 4.68 Å². The van der Waals surface area contributed by atoms with E-state index in [0.29, 0.717) is 11.4 Å². The van der Waals surface area contributed by atoms with Gasteiger partial charge in [-0.15, -0.1) is 0 Å². The molecule has 1 rings (SSSR count). The zero-order chi connectivity index (χ0) is 13.0. The lowest BCUT2D eigenvalue weighted by Crippen LogP contribution is -2.06. The van der Waals surface area contributed by atoms with Gasteiger partial charge in [0.2, 0.25) is 0 Å². The highest BCUT2D eigenvalue weighted by Crippen LogP contribution is 2.24. The van der Waals surface area contributed by atoms with Gasteiger partial charge in [0.1, 0.15) is 18.1 Å². The smallest absolute Gasteiger partial charge is 0.317 e. The molecule has 0 fully saturated rings. The maximum Gasteiger partial charge on any atom is 0.317 e. The quantitative estimate of drug-likeness (QED) is 0.571. The standard InChI is InChI=1S/C10H16N4O3/c1-8-10(14(15)16)9(5-6-12(2)3)13(11-8)7-17-4/h5-6H,7H2,1-4H3/b6-5-. The molecule has 0 aliphatic rings. The van der Waals surface area contributed by atoms with E-state index in [1.807, 2.05) is 14.1 Å². The Morgan fingerprint density at radius 1 is 1.59 bits per heavy atom. The predicted octanol–water partition coefficient (Wildman–Crippen LogP) is 1.24. The third-order valence-electron chi connectivity index (χ3n) is 2.10. The number of nitrogens with zero attached hydrogens (tertiary/aromatic N) is 4. The van der Waals surface area contributed by atoms with E-state index in [9.17, 15) is 10.1 Å². The Kier molecular flexibility index (Phi) is 4.22. The van der Waals surface area contributed by atoms with Crippen LogP contribution in [0.3, 0.4) is 0 Å². The summed E-state index contributed by atoms with van der Waals surface area (Å²) in [5.41, 5.74) is 0.827. The summed E-state index contributed by atoms with van der Waals surface area (Å²) in [7, 11) is 5.20. The number of methoxy groups -OCH3 is 1.